The summed E-state index contributed by atoms with van der Waals surface area (Å²) in [6, 6.07) is 15.3. The van der Waals surface area contributed by atoms with E-state index >= 15 is 0 Å². The fraction of sp³-hybridized carbons (Fsp3) is 0.538. The van der Waals surface area contributed by atoms with Gasteiger partial charge < -0.3 is 19.3 Å². The smallest absolute Gasteiger partial charge is 0.119 e. The summed E-state index contributed by atoms with van der Waals surface area (Å²) in [4.78, 5) is 0. The molecule has 1 aliphatic carbocycles. The largest absolute Gasteiger partial charge is 0.491 e. The Morgan fingerprint density at radius 2 is 1.73 bits per heavy atom. The predicted molar refractivity (Wildman–Crippen MR) is 120 cm³/mol. The molecule has 164 valence electrons. The Bertz CT molecular complexity index is 767. The molecule has 2 aromatic carbocycles. The van der Waals surface area contributed by atoms with E-state index in [1.54, 1.807) is 0 Å². The molecule has 1 saturated carbocycles. The predicted octanol–water partition coefficient (Wildman–Crippen LogP) is 5.38. The molecule has 4 heteroatoms. The molecule has 2 aliphatic rings. The molecule has 0 radical (unpaired) electrons. The lowest BCUT2D eigenvalue weighted by atomic mass is 9.93. The first-order chi connectivity index (χ1) is 14.7. The summed E-state index contributed by atoms with van der Waals surface area (Å²) >= 11 is 0. The first kappa shape index (κ1) is 22.8. The molecule has 1 heterocycles. The highest BCUT2D eigenvalue weighted by molar-refractivity contribution is 5.38. The van der Waals surface area contributed by atoms with E-state index in [1.807, 2.05) is 0 Å². The zero-order chi connectivity index (χ0) is 21.3. The first-order valence-electron chi connectivity index (χ1n) is 11.2. The van der Waals surface area contributed by atoms with Gasteiger partial charge in [0.2, 0.25) is 0 Å². The van der Waals surface area contributed by atoms with Crippen molar-refractivity contribution in [3.05, 3.63) is 64.7 Å². The Kier molecular flexibility index (Phi) is 8.74. The minimum atomic E-state index is 0.247. The van der Waals surface area contributed by atoms with Crippen molar-refractivity contribution >= 4 is 0 Å². The van der Waals surface area contributed by atoms with Crippen LogP contribution < -0.4 is 4.74 Å². The number of ether oxygens (including phenoxy) is 3. The van der Waals surface area contributed by atoms with Crippen LogP contribution in [0.15, 0.2) is 42.5 Å². The van der Waals surface area contributed by atoms with E-state index in [0.717, 1.165) is 25.7 Å². The van der Waals surface area contributed by atoms with Gasteiger partial charge >= 0.3 is 0 Å². The second kappa shape index (κ2) is 11.5. The van der Waals surface area contributed by atoms with Gasteiger partial charge in [0.15, 0.2) is 0 Å². The summed E-state index contributed by atoms with van der Waals surface area (Å²) in [6.45, 7) is 5.68. The van der Waals surface area contributed by atoms with Gasteiger partial charge in [0.1, 0.15) is 12.4 Å². The second-order valence-electron chi connectivity index (χ2n) is 8.29. The van der Waals surface area contributed by atoms with Gasteiger partial charge in [-0.1, -0.05) is 30.3 Å². The Morgan fingerprint density at radius 3 is 2.43 bits per heavy atom. The van der Waals surface area contributed by atoms with Gasteiger partial charge in [-0.15, -0.1) is 0 Å². The van der Waals surface area contributed by atoms with E-state index < -0.39 is 0 Å². The highest BCUT2D eigenvalue weighted by Gasteiger charge is 2.22. The maximum atomic E-state index is 7.00. The number of aryl methyl sites for hydroxylation is 1. The molecule has 0 bridgehead atoms. The fourth-order valence-corrected chi connectivity index (χ4v) is 3.87. The van der Waals surface area contributed by atoms with Crippen LogP contribution in [0.3, 0.4) is 0 Å². The summed E-state index contributed by atoms with van der Waals surface area (Å²) < 4.78 is 17.6. The van der Waals surface area contributed by atoms with Crippen molar-refractivity contribution in [1.29, 1.82) is 0 Å². The molecule has 2 atom stereocenters. The van der Waals surface area contributed by atoms with Crippen molar-refractivity contribution in [3.8, 4) is 5.75 Å². The SMILES string of the molecule is CO.Cc1ccc(C2CCCC(C)O2)cc1Cc1ccc(OCCOC2CC2)cc1. The van der Waals surface area contributed by atoms with Crippen molar-refractivity contribution in [2.24, 2.45) is 0 Å². The van der Waals surface area contributed by atoms with Crippen molar-refractivity contribution in [2.45, 2.75) is 70.7 Å². The van der Waals surface area contributed by atoms with Crippen molar-refractivity contribution < 1.29 is 19.3 Å². The van der Waals surface area contributed by atoms with E-state index in [-0.39, 0.29) is 6.10 Å². The highest BCUT2D eigenvalue weighted by atomic mass is 16.5. The minimum absolute atomic E-state index is 0.247. The zero-order valence-electron chi connectivity index (χ0n) is 18.6. The van der Waals surface area contributed by atoms with Crippen LogP contribution in [-0.2, 0) is 15.9 Å². The maximum Gasteiger partial charge on any atom is 0.119 e. The normalized spacial score (nSPS) is 20.9. The third kappa shape index (κ3) is 6.83. The Balaban J connectivity index is 0.00000124. The summed E-state index contributed by atoms with van der Waals surface area (Å²) in [7, 11) is 1.00. The van der Waals surface area contributed by atoms with E-state index in [0.29, 0.717) is 25.4 Å². The molecule has 2 aromatic rings. The van der Waals surface area contributed by atoms with Crippen LogP contribution >= 0.6 is 0 Å². The summed E-state index contributed by atoms with van der Waals surface area (Å²) in [6.07, 6.45) is 8.02. The van der Waals surface area contributed by atoms with Crippen molar-refractivity contribution in [2.75, 3.05) is 20.3 Å². The quantitative estimate of drug-likeness (QED) is 0.591. The minimum Gasteiger partial charge on any atom is -0.491 e. The molecule has 0 amide bonds. The zero-order valence-corrected chi connectivity index (χ0v) is 18.6. The number of benzene rings is 2. The van der Waals surface area contributed by atoms with Crippen LogP contribution in [0.5, 0.6) is 5.75 Å². The van der Waals surface area contributed by atoms with Crippen molar-refractivity contribution in [3.63, 3.8) is 0 Å². The Labute approximate surface area is 181 Å². The van der Waals surface area contributed by atoms with Crippen LogP contribution in [0.25, 0.3) is 0 Å². The van der Waals surface area contributed by atoms with Crippen molar-refractivity contribution in [1.82, 2.24) is 0 Å². The van der Waals surface area contributed by atoms with E-state index in [1.165, 1.54) is 47.9 Å². The lowest BCUT2D eigenvalue weighted by Gasteiger charge is -2.28. The molecule has 0 spiro atoms. The summed E-state index contributed by atoms with van der Waals surface area (Å²) in [5, 5.41) is 7.00. The van der Waals surface area contributed by atoms with Gasteiger partial charge in [-0.05, 0) is 86.8 Å². The average molecular weight is 413 g/mol. The highest BCUT2D eigenvalue weighted by Crippen LogP contribution is 2.32. The van der Waals surface area contributed by atoms with Gasteiger partial charge in [-0.3, -0.25) is 0 Å². The topological polar surface area (TPSA) is 47.9 Å². The third-order valence-corrected chi connectivity index (χ3v) is 5.77. The van der Waals surface area contributed by atoms with Gasteiger partial charge in [0.25, 0.3) is 0 Å². The lowest BCUT2D eigenvalue weighted by molar-refractivity contribution is -0.0414. The molecule has 4 nitrogen and oxygen atoms in total. The van der Waals surface area contributed by atoms with Gasteiger partial charge in [-0.2, -0.15) is 0 Å². The molecule has 4 rings (SSSR count). The first-order valence-corrected chi connectivity index (χ1v) is 11.2. The number of hydrogen-bond acceptors (Lipinski definition) is 4. The fourth-order valence-electron chi connectivity index (χ4n) is 3.87. The third-order valence-electron chi connectivity index (χ3n) is 5.77. The molecule has 30 heavy (non-hydrogen) atoms. The molecular weight excluding hydrogens is 376 g/mol. The van der Waals surface area contributed by atoms with Crippen LogP contribution in [0.1, 0.15) is 67.4 Å². The standard InChI is InChI=1S/C25H32O3.CH4O/c1-18-6-9-21(25-5-3-4-19(2)28-25)17-22(18)16-20-7-10-23(11-8-20)26-14-15-27-24-12-13-24;1-2/h6-11,17,19,24-25H,3-5,12-16H2,1-2H3;2H,1H3. The number of aliphatic hydroxyl groups is 1. The van der Waals surface area contributed by atoms with E-state index in [2.05, 4.69) is 56.3 Å². The number of hydrogen-bond donors (Lipinski definition) is 1. The average Bonchev–Trinajstić information content (AvgIpc) is 3.60. The second-order valence-corrected chi connectivity index (χ2v) is 8.29. The molecule has 1 aliphatic heterocycles. The molecule has 1 saturated heterocycles. The molecular formula is C26H36O4. The number of aliphatic hydroxyl groups excluding tert-OH is 1. The van der Waals surface area contributed by atoms with Crippen LogP contribution in [-0.4, -0.2) is 37.6 Å². The number of rotatable bonds is 8. The van der Waals surface area contributed by atoms with Crippen LogP contribution in [0.4, 0.5) is 0 Å². The molecule has 1 N–H and O–H groups in total. The maximum absolute atomic E-state index is 7.00. The van der Waals surface area contributed by atoms with Crippen LogP contribution in [0, 0.1) is 6.92 Å². The van der Waals surface area contributed by atoms with E-state index in [9.17, 15) is 0 Å². The molecule has 2 fully saturated rings. The monoisotopic (exact) mass is 412 g/mol. The van der Waals surface area contributed by atoms with E-state index in [4.69, 9.17) is 19.3 Å². The van der Waals surface area contributed by atoms with Gasteiger partial charge in [0.05, 0.1) is 24.9 Å². The summed E-state index contributed by atoms with van der Waals surface area (Å²) in [5.41, 5.74) is 5.35. The summed E-state index contributed by atoms with van der Waals surface area (Å²) in [5.74, 6) is 0.915. The Hall–Kier alpha value is -1.88. The molecule has 0 aromatic heterocycles. The Morgan fingerprint density at radius 1 is 0.967 bits per heavy atom. The van der Waals surface area contributed by atoms with Crippen LogP contribution in [0.2, 0.25) is 0 Å². The molecule has 2 unspecified atom stereocenters. The van der Waals surface area contributed by atoms with Gasteiger partial charge in [0, 0.05) is 7.11 Å². The van der Waals surface area contributed by atoms with Gasteiger partial charge in [-0.25, -0.2) is 0 Å². The lowest BCUT2D eigenvalue weighted by Crippen LogP contribution is -2.19.